The van der Waals surface area contributed by atoms with E-state index < -0.39 is 11.7 Å². The van der Waals surface area contributed by atoms with Crippen LogP contribution in [0.2, 0.25) is 0 Å². The van der Waals surface area contributed by atoms with Crippen molar-refractivity contribution in [3.63, 3.8) is 0 Å². The Bertz CT molecular complexity index is 1150. The molecule has 0 bridgehead atoms. The number of nitrogens with one attached hydrogen (secondary N) is 2. The van der Waals surface area contributed by atoms with Crippen LogP contribution in [0.3, 0.4) is 0 Å². The molecule has 3 aromatic rings. The van der Waals surface area contributed by atoms with E-state index in [1.54, 1.807) is 32.4 Å². The van der Waals surface area contributed by atoms with E-state index in [-0.39, 0.29) is 11.5 Å². The Morgan fingerprint density at radius 3 is 2.39 bits per heavy atom. The summed E-state index contributed by atoms with van der Waals surface area (Å²) in [7, 11) is 3.10. The maximum Gasteiger partial charge on any atom is 0.258 e. The van der Waals surface area contributed by atoms with Crippen molar-refractivity contribution in [1.82, 2.24) is 15.1 Å². The lowest BCUT2D eigenvalue weighted by atomic mass is 10.2. The highest BCUT2D eigenvalue weighted by Gasteiger charge is 2.14. The van der Waals surface area contributed by atoms with Crippen molar-refractivity contribution < 1.29 is 18.7 Å². The summed E-state index contributed by atoms with van der Waals surface area (Å²) in [6, 6.07) is 10.7. The van der Waals surface area contributed by atoms with E-state index in [1.165, 1.54) is 24.3 Å². The summed E-state index contributed by atoms with van der Waals surface area (Å²) in [6.07, 6.45) is 0. The van der Waals surface area contributed by atoms with Gasteiger partial charge in [-0.15, -0.1) is 0 Å². The molecule has 0 aliphatic heterocycles. The number of carbonyl (C=O) groups excluding carboxylic acids is 1. The number of aromatic nitrogens is 2. The zero-order valence-electron chi connectivity index (χ0n) is 19.4. The van der Waals surface area contributed by atoms with Gasteiger partial charge in [-0.1, -0.05) is 6.07 Å². The molecule has 174 valence electrons. The van der Waals surface area contributed by atoms with Gasteiger partial charge in [-0.25, -0.2) is 9.38 Å². The molecular formula is C24H28FN5O3. The number of halogens is 1. The Kier molecular flexibility index (Phi) is 7.66. The number of nitrogens with zero attached hydrogens (tertiary/aromatic N) is 3. The van der Waals surface area contributed by atoms with Crippen molar-refractivity contribution in [2.45, 2.75) is 33.9 Å². The Balaban J connectivity index is 1.93. The molecule has 0 spiro atoms. The van der Waals surface area contributed by atoms with Gasteiger partial charge in [0.15, 0.2) is 0 Å². The molecule has 0 saturated heterocycles. The second kappa shape index (κ2) is 10.6. The van der Waals surface area contributed by atoms with E-state index >= 15 is 0 Å². The van der Waals surface area contributed by atoms with Crippen molar-refractivity contribution in [1.29, 1.82) is 0 Å². The number of guanidine groups is 1. The average Bonchev–Trinajstić information content (AvgIpc) is 3.09. The number of ether oxygens (including phenoxy) is 2. The first-order valence-corrected chi connectivity index (χ1v) is 10.5. The number of anilines is 1. The lowest BCUT2D eigenvalue weighted by Crippen LogP contribution is -2.36. The van der Waals surface area contributed by atoms with Crippen LogP contribution in [0.25, 0.3) is 0 Å². The fourth-order valence-electron chi connectivity index (χ4n) is 3.36. The third kappa shape index (κ3) is 5.88. The molecule has 0 atom stereocenters. The fraction of sp³-hybridized carbons (Fsp3) is 0.292. The van der Waals surface area contributed by atoms with Crippen LogP contribution in [0.15, 0.2) is 47.5 Å². The highest BCUT2D eigenvalue weighted by atomic mass is 19.1. The molecular weight excluding hydrogens is 425 g/mol. The SMILES string of the molecule is CCn1nc(C)c(CN=C(NC(=O)c2cccc(F)c2)Nc2cc(OC)cc(OC)c2)c1C. The van der Waals surface area contributed by atoms with Crippen molar-refractivity contribution in [3.05, 3.63) is 70.8 Å². The molecule has 0 aliphatic carbocycles. The summed E-state index contributed by atoms with van der Waals surface area (Å²) in [5.74, 6) is 0.355. The first-order valence-electron chi connectivity index (χ1n) is 10.5. The van der Waals surface area contributed by atoms with Gasteiger partial charge in [-0.2, -0.15) is 5.10 Å². The van der Waals surface area contributed by atoms with E-state index in [1.807, 2.05) is 25.5 Å². The average molecular weight is 454 g/mol. The molecule has 2 N–H and O–H groups in total. The van der Waals surface area contributed by atoms with E-state index in [4.69, 9.17) is 9.47 Å². The first-order chi connectivity index (χ1) is 15.8. The molecule has 0 unspecified atom stereocenters. The van der Waals surface area contributed by atoms with E-state index in [2.05, 4.69) is 20.7 Å². The van der Waals surface area contributed by atoms with Crippen LogP contribution in [-0.2, 0) is 13.1 Å². The molecule has 1 amide bonds. The van der Waals surface area contributed by atoms with Gasteiger partial charge in [0.2, 0.25) is 5.96 Å². The molecule has 2 aromatic carbocycles. The molecule has 1 aromatic heterocycles. The zero-order valence-corrected chi connectivity index (χ0v) is 19.4. The summed E-state index contributed by atoms with van der Waals surface area (Å²) in [6.45, 7) is 6.98. The van der Waals surface area contributed by atoms with E-state index in [0.717, 1.165) is 23.5 Å². The van der Waals surface area contributed by atoms with Gasteiger partial charge in [0, 0.05) is 47.3 Å². The number of aliphatic imine (C=N–C) groups is 1. The quantitative estimate of drug-likeness (QED) is 0.416. The molecule has 33 heavy (non-hydrogen) atoms. The number of carbonyl (C=O) groups is 1. The number of amides is 1. The summed E-state index contributed by atoms with van der Waals surface area (Å²) >= 11 is 0. The first kappa shape index (κ1) is 23.8. The molecule has 1 heterocycles. The van der Waals surface area contributed by atoms with Crippen LogP contribution >= 0.6 is 0 Å². The van der Waals surface area contributed by atoms with E-state index in [0.29, 0.717) is 23.7 Å². The molecule has 9 heteroatoms. The maximum atomic E-state index is 13.6. The number of rotatable bonds is 7. The number of hydrogen-bond donors (Lipinski definition) is 2. The smallest absolute Gasteiger partial charge is 0.258 e. The van der Waals surface area contributed by atoms with Crippen LogP contribution in [0.5, 0.6) is 11.5 Å². The maximum absolute atomic E-state index is 13.6. The van der Waals surface area contributed by atoms with Crippen LogP contribution in [0, 0.1) is 19.7 Å². The molecule has 0 saturated carbocycles. The second-order valence-corrected chi connectivity index (χ2v) is 7.32. The third-order valence-electron chi connectivity index (χ3n) is 5.16. The number of benzene rings is 2. The number of methoxy groups -OCH3 is 2. The zero-order chi connectivity index (χ0) is 24.0. The molecule has 3 rings (SSSR count). The minimum Gasteiger partial charge on any atom is -0.497 e. The Hall–Kier alpha value is -3.88. The van der Waals surface area contributed by atoms with E-state index in [9.17, 15) is 9.18 Å². The Morgan fingerprint density at radius 1 is 1.12 bits per heavy atom. The third-order valence-corrected chi connectivity index (χ3v) is 5.16. The van der Waals surface area contributed by atoms with Crippen LogP contribution in [-0.4, -0.2) is 35.9 Å². The predicted octanol–water partition coefficient (Wildman–Crippen LogP) is 4.07. The largest absolute Gasteiger partial charge is 0.497 e. The lowest BCUT2D eigenvalue weighted by molar-refractivity contribution is 0.0976. The Morgan fingerprint density at radius 2 is 1.82 bits per heavy atom. The van der Waals surface area contributed by atoms with Gasteiger partial charge in [0.1, 0.15) is 17.3 Å². The van der Waals surface area contributed by atoms with Gasteiger partial charge < -0.3 is 14.8 Å². The van der Waals surface area contributed by atoms with Gasteiger partial charge in [-0.05, 0) is 39.0 Å². The van der Waals surface area contributed by atoms with Gasteiger partial charge in [-0.3, -0.25) is 14.8 Å². The van der Waals surface area contributed by atoms with Crippen LogP contribution in [0.4, 0.5) is 10.1 Å². The summed E-state index contributed by atoms with van der Waals surface area (Å²) in [5, 5.41) is 10.4. The minimum atomic E-state index is -0.496. The Labute approximate surface area is 192 Å². The fourth-order valence-corrected chi connectivity index (χ4v) is 3.36. The molecule has 0 fully saturated rings. The number of hydrogen-bond acceptors (Lipinski definition) is 5. The second-order valence-electron chi connectivity index (χ2n) is 7.32. The topological polar surface area (TPSA) is 89.8 Å². The lowest BCUT2D eigenvalue weighted by Gasteiger charge is -2.14. The monoisotopic (exact) mass is 453 g/mol. The van der Waals surface area contributed by atoms with Crippen molar-refractivity contribution in [2.75, 3.05) is 19.5 Å². The summed E-state index contributed by atoms with van der Waals surface area (Å²) in [5.41, 5.74) is 3.63. The molecule has 0 aliphatic rings. The van der Waals surface area contributed by atoms with Crippen molar-refractivity contribution >= 4 is 17.6 Å². The van der Waals surface area contributed by atoms with Crippen molar-refractivity contribution in [3.8, 4) is 11.5 Å². The van der Waals surface area contributed by atoms with Crippen LogP contribution < -0.4 is 20.1 Å². The standard InChI is InChI=1S/C24H28FN5O3/c1-6-30-16(3)22(15(2)29-30)14-26-24(28-23(31)17-8-7-9-18(25)10-17)27-19-11-20(32-4)13-21(12-19)33-5/h7-13H,6,14H2,1-5H3,(H2,26,27,28,31). The van der Waals surface area contributed by atoms with Gasteiger partial charge in [0.05, 0.1) is 26.5 Å². The normalized spacial score (nSPS) is 11.3. The number of aryl methyl sites for hydroxylation is 2. The van der Waals surface area contributed by atoms with Crippen molar-refractivity contribution in [2.24, 2.45) is 4.99 Å². The highest BCUT2D eigenvalue weighted by Crippen LogP contribution is 2.26. The summed E-state index contributed by atoms with van der Waals surface area (Å²) < 4.78 is 26.2. The highest BCUT2D eigenvalue weighted by molar-refractivity contribution is 6.10. The predicted molar refractivity (Wildman–Crippen MR) is 126 cm³/mol. The van der Waals surface area contributed by atoms with Gasteiger partial charge >= 0.3 is 0 Å². The van der Waals surface area contributed by atoms with Gasteiger partial charge in [0.25, 0.3) is 5.91 Å². The van der Waals surface area contributed by atoms with Crippen LogP contribution in [0.1, 0.15) is 34.2 Å². The minimum absolute atomic E-state index is 0.180. The summed E-state index contributed by atoms with van der Waals surface area (Å²) in [4.78, 5) is 17.4. The molecule has 8 nitrogen and oxygen atoms in total. The molecule has 0 radical (unpaired) electrons.